The molecule has 4 rings (SSSR count). The van der Waals surface area contributed by atoms with E-state index in [0.29, 0.717) is 27.4 Å². The van der Waals surface area contributed by atoms with Crippen molar-refractivity contribution >= 4 is 34.1 Å². The molecule has 0 aliphatic heterocycles. The fourth-order valence-corrected chi connectivity index (χ4v) is 4.34. The molecule has 1 aromatic carbocycles. The number of hydrogen-bond donors (Lipinski definition) is 1. The van der Waals surface area contributed by atoms with Crippen LogP contribution in [0.3, 0.4) is 0 Å². The van der Waals surface area contributed by atoms with Crippen LogP contribution in [0, 0.1) is 18.6 Å². The largest absolute Gasteiger partial charge is 0.469 e. The van der Waals surface area contributed by atoms with Gasteiger partial charge in [0.15, 0.2) is 27.7 Å². The first-order chi connectivity index (χ1) is 14.8. The van der Waals surface area contributed by atoms with Gasteiger partial charge in [0.05, 0.1) is 22.8 Å². The van der Waals surface area contributed by atoms with Crippen molar-refractivity contribution in [2.75, 3.05) is 5.32 Å². The summed E-state index contributed by atoms with van der Waals surface area (Å²) in [5.41, 5.74) is 1.72. The highest BCUT2D eigenvalue weighted by Crippen LogP contribution is 2.30. The molecule has 0 aliphatic rings. The molecule has 160 valence electrons. The molecule has 4 aromatic rings. The number of thiazole rings is 1. The number of furan rings is 1. The van der Waals surface area contributed by atoms with E-state index >= 15 is 0 Å². The number of aryl methyl sites for hydroxylation is 1. The number of amides is 1. The van der Waals surface area contributed by atoms with Crippen LogP contribution in [0.1, 0.15) is 12.7 Å². The maximum Gasteiger partial charge on any atom is 0.239 e. The van der Waals surface area contributed by atoms with Crippen LogP contribution in [-0.2, 0) is 11.8 Å². The molecule has 0 saturated carbocycles. The van der Waals surface area contributed by atoms with E-state index < -0.39 is 16.9 Å². The normalized spacial score (nSPS) is 12.2. The fourth-order valence-electron chi connectivity index (χ4n) is 2.81. The van der Waals surface area contributed by atoms with Crippen molar-refractivity contribution in [1.82, 2.24) is 19.7 Å². The number of carbonyl (C=O) groups excluding carboxylic acids is 1. The first kappa shape index (κ1) is 21.2. The van der Waals surface area contributed by atoms with Gasteiger partial charge in [-0.25, -0.2) is 13.8 Å². The van der Waals surface area contributed by atoms with Gasteiger partial charge in [0.25, 0.3) is 0 Å². The first-order valence-corrected chi connectivity index (χ1v) is 10.9. The zero-order valence-electron chi connectivity index (χ0n) is 16.7. The topological polar surface area (TPSA) is 85.8 Å². The summed E-state index contributed by atoms with van der Waals surface area (Å²) in [7, 11) is 1.82. The Labute approximate surface area is 184 Å². The van der Waals surface area contributed by atoms with Crippen molar-refractivity contribution in [1.29, 1.82) is 0 Å². The van der Waals surface area contributed by atoms with Gasteiger partial charge in [-0.3, -0.25) is 4.79 Å². The molecule has 3 heterocycles. The summed E-state index contributed by atoms with van der Waals surface area (Å²) >= 11 is 2.46. The number of aromatic nitrogens is 4. The van der Waals surface area contributed by atoms with Crippen molar-refractivity contribution in [2.24, 2.45) is 7.05 Å². The van der Waals surface area contributed by atoms with Crippen molar-refractivity contribution in [3.8, 4) is 22.6 Å². The third-order valence-electron chi connectivity index (χ3n) is 4.54. The van der Waals surface area contributed by atoms with Crippen molar-refractivity contribution < 1.29 is 18.0 Å². The Bertz CT molecular complexity index is 1250. The summed E-state index contributed by atoms with van der Waals surface area (Å²) in [5, 5.41) is 13.3. The smallest absolute Gasteiger partial charge is 0.239 e. The Morgan fingerprint density at radius 3 is 2.77 bits per heavy atom. The molecule has 0 fully saturated rings. The van der Waals surface area contributed by atoms with Gasteiger partial charge >= 0.3 is 0 Å². The van der Waals surface area contributed by atoms with Crippen LogP contribution in [0.2, 0.25) is 0 Å². The van der Waals surface area contributed by atoms with Crippen molar-refractivity contribution in [2.45, 2.75) is 24.3 Å². The standard InChI is InChI=1S/C20H17F2N5O2S2/c1-10-13(6-7-29-10)17-25-26-20(27(17)3)31-11(2)18(28)24-19-23-16(9-30-19)12-4-5-14(21)15(22)8-12/h4-9,11H,1-3H3,(H,23,24,28). The summed E-state index contributed by atoms with van der Waals surface area (Å²) < 4.78 is 33.7. The number of carbonyl (C=O) groups is 1. The molecule has 7 nitrogen and oxygen atoms in total. The van der Waals surface area contributed by atoms with E-state index in [-0.39, 0.29) is 5.91 Å². The number of halogens is 2. The van der Waals surface area contributed by atoms with E-state index in [1.165, 1.54) is 29.2 Å². The fraction of sp³-hybridized carbons (Fsp3) is 0.200. The lowest BCUT2D eigenvalue weighted by molar-refractivity contribution is -0.115. The summed E-state index contributed by atoms with van der Waals surface area (Å²) in [5.74, 6) is -0.751. The molecule has 31 heavy (non-hydrogen) atoms. The minimum absolute atomic E-state index is 0.264. The number of rotatable bonds is 6. The van der Waals surface area contributed by atoms with Crippen LogP contribution in [0.25, 0.3) is 22.6 Å². The van der Waals surface area contributed by atoms with Gasteiger partial charge in [0, 0.05) is 18.0 Å². The summed E-state index contributed by atoms with van der Waals surface area (Å²) in [6.45, 7) is 3.59. The highest BCUT2D eigenvalue weighted by atomic mass is 32.2. The van der Waals surface area contributed by atoms with Gasteiger partial charge in [-0.05, 0) is 38.1 Å². The summed E-state index contributed by atoms with van der Waals surface area (Å²) in [4.78, 5) is 16.9. The molecule has 0 aliphatic carbocycles. The Kier molecular flexibility index (Phi) is 5.88. The number of hydrogen-bond acceptors (Lipinski definition) is 7. The Morgan fingerprint density at radius 1 is 1.26 bits per heavy atom. The van der Waals surface area contributed by atoms with E-state index in [4.69, 9.17) is 4.42 Å². The van der Waals surface area contributed by atoms with Gasteiger partial charge < -0.3 is 14.3 Å². The predicted octanol–water partition coefficient (Wildman–Crippen LogP) is 4.90. The van der Waals surface area contributed by atoms with E-state index in [0.717, 1.165) is 23.5 Å². The lowest BCUT2D eigenvalue weighted by atomic mass is 10.2. The second kappa shape index (κ2) is 8.60. The summed E-state index contributed by atoms with van der Waals surface area (Å²) in [6, 6.07) is 5.37. The molecular formula is C20H17F2N5O2S2. The third-order valence-corrected chi connectivity index (χ3v) is 6.43. The van der Waals surface area contributed by atoms with Crippen LogP contribution in [0.15, 0.2) is 45.5 Å². The van der Waals surface area contributed by atoms with E-state index in [9.17, 15) is 13.6 Å². The van der Waals surface area contributed by atoms with E-state index in [1.807, 2.05) is 20.0 Å². The second-order valence-corrected chi connectivity index (χ2v) is 8.84. The molecule has 0 spiro atoms. The van der Waals surface area contributed by atoms with Crippen LogP contribution >= 0.6 is 23.1 Å². The lowest BCUT2D eigenvalue weighted by Crippen LogP contribution is -2.22. The Morgan fingerprint density at radius 2 is 2.06 bits per heavy atom. The number of anilines is 1. The highest BCUT2D eigenvalue weighted by molar-refractivity contribution is 8.00. The van der Waals surface area contributed by atoms with Gasteiger partial charge in [0.2, 0.25) is 5.91 Å². The third kappa shape index (κ3) is 4.37. The molecule has 0 radical (unpaired) electrons. The molecular weight excluding hydrogens is 444 g/mol. The van der Waals surface area contributed by atoms with Crippen LogP contribution in [-0.4, -0.2) is 30.9 Å². The molecule has 0 saturated heterocycles. The average Bonchev–Trinajstić information content (AvgIpc) is 3.45. The lowest BCUT2D eigenvalue weighted by Gasteiger charge is -2.10. The number of thioether (sulfide) groups is 1. The quantitative estimate of drug-likeness (QED) is 0.411. The molecule has 1 unspecified atom stereocenters. The maximum absolute atomic E-state index is 13.5. The van der Waals surface area contributed by atoms with Gasteiger partial charge in [0.1, 0.15) is 5.76 Å². The molecule has 1 atom stereocenters. The van der Waals surface area contributed by atoms with Crippen LogP contribution in [0.4, 0.5) is 13.9 Å². The van der Waals surface area contributed by atoms with Crippen LogP contribution < -0.4 is 5.32 Å². The van der Waals surface area contributed by atoms with Gasteiger partial charge in [-0.15, -0.1) is 21.5 Å². The first-order valence-electron chi connectivity index (χ1n) is 9.16. The van der Waals surface area contributed by atoms with E-state index in [2.05, 4.69) is 20.5 Å². The number of nitrogens with one attached hydrogen (secondary N) is 1. The number of benzene rings is 1. The Hall–Kier alpha value is -3.05. The maximum atomic E-state index is 13.5. The zero-order valence-corrected chi connectivity index (χ0v) is 18.4. The molecule has 1 N–H and O–H groups in total. The van der Waals surface area contributed by atoms with E-state index in [1.54, 1.807) is 23.1 Å². The molecule has 11 heteroatoms. The van der Waals surface area contributed by atoms with Crippen molar-refractivity contribution in [3.63, 3.8) is 0 Å². The highest BCUT2D eigenvalue weighted by Gasteiger charge is 2.21. The minimum atomic E-state index is -0.949. The minimum Gasteiger partial charge on any atom is -0.469 e. The average molecular weight is 462 g/mol. The summed E-state index contributed by atoms with van der Waals surface area (Å²) in [6.07, 6.45) is 1.59. The second-order valence-electron chi connectivity index (χ2n) is 6.67. The SMILES string of the molecule is Cc1occc1-c1nnc(SC(C)C(=O)Nc2nc(-c3ccc(F)c(F)c3)cs2)n1C. The molecule has 0 bridgehead atoms. The molecule has 3 aromatic heterocycles. The zero-order chi connectivity index (χ0) is 22.1. The predicted molar refractivity (Wildman–Crippen MR) is 115 cm³/mol. The Balaban J connectivity index is 1.43. The van der Waals surface area contributed by atoms with Crippen molar-refractivity contribution in [3.05, 3.63) is 53.3 Å². The monoisotopic (exact) mass is 461 g/mol. The molecule has 1 amide bonds. The number of nitrogens with zero attached hydrogens (tertiary/aromatic N) is 4. The van der Waals surface area contributed by atoms with Crippen LogP contribution in [0.5, 0.6) is 0 Å². The van der Waals surface area contributed by atoms with Gasteiger partial charge in [-0.2, -0.15) is 0 Å². The van der Waals surface area contributed by atoms with Gasteiger partial charge in [-0.1, -0.05) is 11.8 Å².